The molecule has 28 heavy (non-hydrogen) atoms. The van der Waals surface area contributed by atoms with Crippen LogP contribution in [0.1, 0.15) is 21.7 Å². The van der Waals surface area contributed by atoms with Crippen molar-refractivity contribution in [3.8, 4) is 17.2 Å². The number of amides is 1. The predicted octanol–water partition coefficient (Wildman–Crippen LogP) is 3.89. The minimum atomic E-state index is -4.75. The summed E-state index contributed by atoms with van der Waals surface area (Å²) in [5.41, 5.74) is -1.04. The number of carbonyl (C=O) groups excluding carboxylic acids is 1. The summed E-state index contributed by atoms with van der Waals surface area (Å²) in [7, 11) is 0. The molecule has 0 saturated carbocycles. The van der Waals surface area contributed by atoms with Crippen molar-refractivity contribution in [2.24, 2.45) is 0 Å². The van der Waals surface area contributed by atoms with Crippen molar-refractivity contribution in [1.29, 1.82) is 0 Å². The van der Waals surface area contributed by atoms with Crippen LogP contribution in [0.4, 0.5) is 13.2 Å². The zero-order valence-electron chi connectivity index (χ0n) is 14.0. The molecular formula is C18H13ClF3N3O3. The van der Waals surface area contributed by atoms with Crippen molar-refractivity contribution < 1.29 is 28.2 Å². The Morgan fingerprint density at radius 2 is 1.82 bits per heavy atom. The van der Waals surface area contributed by atoms with Crippen LogP contribution in [0.25, 0.3) is 5.69 Å². The Kier molecular flexibility index (Phi) is 5.19. The molecule has 0 aliphatic heterocycles. The molecule has 1 aromatic heterocycles. The number of phenolic OH excluding ortho intramolecular Hbond substituents is 2. The van der Waals surface area contributed by atoms with Crippen LogP contribution in [0.2, 0.25) is 5.02 Å². The van der Waals surface area contributed by atoms with Gasteiger partial charge in [0.05, 0.1) is 10.7 Å². The van der Waals surface area contributed by atoms with E-state index >= 15 is 0 Å². The van der Waals surface area contributed by atoms with Crippen molar-refractivity contribution >= 4 is 17.5 Å². The molecular weight excluding hydrogens is 399 g/mol. The highest BCUT2D eigenvalue weighted by molar-refractivity contribution is 6.32. The number of hydrogen-bond acceptors (Lipinski definition) is 4. The summed E-state index contributed by atoms with van der Waals surface area (Å²) in [5, 5.41) is 24.8. The average molecular weight is 412 g/mol. The Morgan fingerprint density at radius 1 is 1.11 bits per heavy atom. The van der Waals surface area contributed by atoms with Gasteiger partial charge in [0, 0.05) is 12.6 Å². The van der Waals surface area contributed by atoms with Crippen LogP contribution in [0.3, 0.4) is 0 Å². The van der Waals surface area contributed by atoms with Crippen molar-refractivity contribution in [3.05, 3.63) is 70.5 Å². The SMILES string of the molecule is O=C(NCc1ccc(O)c(O)c1)c1cc(C(F)(F)F)nn1-c1ccccc1Cl. The second kappa shape index (κ2) is 7.43. The van der Waals surface area contributed by atoms with Gasteiger partial charge >= 0.3 is 6.18 Å². The number of carbonyl (C=O) groups is 1. The van der Waals surface area contributed by atoms with Gasteiger partial charge in [0.1, 0.15) is 5.69 Å². The smallest absolute Gasteiger partial charge is 0.435 e. The van der Waals surface area contributed by atoms with Gasteiger partial charge in [-0.25, -0.2) is 4.68 Å². The summed E-state index contributed by atoms with van der Waals surface area (Å²) in [6.45, 7) is -0.0955. The second-order valence-corrected chi connectivity index (χ2v) is 6.19. The van der Waals surface area contributed by atoms with E-state index in [0.717, 1.165) is 4.68 Å². The molecule has 0 saturated heterocycles. The fraction of sp³-hybridized carbons (Fsp3) is 0.111. The van der Waals surface area contributed by atoms with Gasteiger partial charge < -0.3 is 15.5 Å². The van der Waals surface area contributed by atoms with Crippen molar-refractivity contribution in [1.82, 2.24) is 15.1 Å². The van der Waals surface area contributed by atoms with E-state index < -0.39 is 17.8 Å². The van der Waals surface area contributed by atoms with Crippen LogP contribution >= 0.6 is 11.6 Å². The van der Waals surface area contributed by atoms with Crippen LogP contribution in [-0.4, -0.2) is 25.9 Å². The van der Waals surface area contributed by atoms with Crippen molar-refractivity contribution in [2.75, 3.05) is 0 Å². The van der Waals surface area contributed by atoms with Gasteiger partial charge in [-0.3, -0.25) is 4.79 Å². The maximum Gasteiger partial charge on any atom is 0.435 e. The van der Waals surface area contributed by atoms with Gasteiger partial charge in [0.25, 0.3) is 5.91 Å². The number of rotatable bonds is 4. The number of benzene rings is 2. The molecule has 3 rings (SSSR count). The number of halogens is 4. The first-order valence-corrected chi connectivity index (χ1v) is 8.26. The molecule has 146 valence electrons. The molecule has 3 aromatic rings. The van der Waals surface area contributed by atoms with Gasteiger partial charge in [0.2, 0.25) is 0 Å². The van der Waals surface area contributed by atoms with E-state index in [-0.39, 0.29) is 34.4 Å². The lowest BCUT2D eigenvalue weighted by Crippen LogP contribution is -2.25. The third-order valence-electron chi connectivity index (χ3n) is 3.81. The van der Waals surface area contributed by atoms with E-state index in [4.69, 9.17) is 11.6 Å². The number of para-hydroxylation sites is 1. The quantitative estimate of drug-likeness (QED) is 0.568. The minimum Gasteiger partial charge on any atom is -0.504 e. The standard InChI is InChI=1S/C18H13ClF3N3O3/c19-11-3-1-2-4-12(11)25-13(8-16(24-25)18(20,21)22)17(28)23-9-10-5-6-14(26)15(27)7-10/h1-8,26-27H,9H2,(H,23,28). The number of aromatic nitrogens is 2. The third-order valence-corrected chi connectivity index (χ3v) is 4.13. The van der Waals surface area contributed by atoms with Crippen LogP contribution in [-0.2, 0) is 12.7 Å². The topological polar surface area (TPSA) is 87.4 Å². The molecule has 0 spiro atoms. The van der Waals surface area contributed by atoms with Gasteiger partial charge in [-0.05, 0) is 29.8 Å². The first kappa shape index (κ1) is 19.6. The largest absolute Gasteiger partial charge is 0.504 e. The van der Waals surface area contributed by atoms with Crippen LogP contribution < -0.4 is 5.32 Å². The van der Waals surface area contributed by atoms with E-state index in [1.165, 1.54) is 30.3 Å². The number of hydrogen-bond donors (Lipinski definition) is 3. The molecule has 1 amide bonds. The van der Waals surface area contributed by atoms with E-state index in [1.54, 1.807) is 12.1 Å². The molecule has 3 N–H and O–H groups in total. The maximum absolute atomic E-state index is 13.1. The molecule has 0 fully saturated rings. The Labute approximate surface area is 161 Å². The van der Waals surface area contributed by atoms with Crippen LogP contribution in [0.5, 0.6) is 11.5 Å². The Morgan fingerprint density at radius 3 is 2.46 bits per heavy atom. The molecule has 2 aromatic carbocycles. The maximum atomic E-state index is 13.1. The van der Waals surface area contributed by atoms with Crippen molar-refractivity contribution in [2.45, 2.75) is 12.7 Å². The summed E-state index contributed by atoms with van der Waals surface area (Å²) in [5.74, 6) is -1.54. The lowest BCUT2D eigenvalue weighted by atomic mass is 10.2. The molecule has 0 aliphatic rings. The molecule has 0 atom stereocenters. The number of nitrogens with one attached hydrogen (secondary N) is 1. The number of nitrogens with zero attached hydrogens (tertiary/aromatic N) is 2. The summed E-state index contributed by atoms with van der Waals surface area (Å²) in [6.07, 6.45) is -4.75. The lowest BCUT2D eigenvalue weighted by Gasteiger charge is -2.10. The number of aromatic hydroxyl groups is 2. The van der Waals surface area contributed by atoms with E-state index in [9.17, 15) is 28.2 Å². The summed E-state index contributed by atoms with van der Waals surface area (Å²) in [6, 6.07) is 10.6. The van der Waals surface area contributed by atoms with Crippen LogP contribution in [0, 0.1) is 0 Å². The zero-order chi connectivity index (χ0) is 20.5. The highest BCUT2D eigenvalue weighted by Crippen LogP contribution is 2.31. The van der Waals surface area contributed by atoms with Crippen molar-refractivity contribution in [3.63, 3.8) is 0 Å². The molecule has 1 heterocycles. The lowest BCUT2D eigenvalue weighted by molar-refractivity contribution is -0.141. The Balaban J connectivity index is 1.93. The molecule has 0 aliphatic carbocycles. The second-order valence-electron chi connectivity index (χ2n) is 5.78. The Hall–Kier alpha value is -3.20. The van der Waals surface area contributed by atoms with Crippen LogP contribution in [0.15, 0.2) is 48.5 Å². The van der Waals surface area contributed by atoms with Gasteiger partial charge in [-0.2, -0.15) is 18.3 Å². The fourth-order valence-electron chi connectivity index (χ4n) is 2.44. The third kappa shape index (κ3) is 4.04. The molecule has 6 nitrogen and oxygen atoms in total. The first-order valence-electron chi connectivity index (χ1n) is 7.88. The minimum absolute atomic E-state index is 0.0955. The zero-order valence-corrected chi connectivity index (χ0v) is 14.8. The molecule has 0 bridgehead atoms. The Bertz CT molecular complexity index is 1030. The predicted molar refractivity (Wildman–Crippen MR) is 94.5 cm³/mol. The monoisotopic (exact) mass is 411 g/mol. The summed E-state index contributed by atoms with van der Waals surface area (Å²) in [4.78, 5) is 12.5. The summed E-state index contributed by atoms with van der Waals surface area (Å²) < 4.78 is 40.1. The normalized spacial score (nSPS) is 11.4. The van der Waals surface area contributed by atoms with E-state index in [2.05, 4.69) is 10.4 Å². The first-order chi connectivity index (χ1) is 13.2. The van der Waals surface area contributed by atoms with Gasteiger partial charge in [0.15, 0.2) is 17.2 Å². The molecule has 0 unspecified atom stereocenters. The summed E-state index contributed by atoms with van der Waals surface area (Å²) >= 11 is 6.04. The van der Waals surface area contributed by atoms with Gasteiger partial charge in [-0.15, -0.1) is 0 Å². The molecule has 0 radical (unpaired) electrons. The highest BCUT2D eigenvalue weighted by Gasteiger charge is 2.36. The molecule has 10 heteroatoms. The number of phenols is 2. The van der Waals surface area contributed by atoms with E-state index in [0.29, 0.717) is 11.6 Å². The number of alkyl halides is 3. The average Bonchev–Trinajstić information content (AvgIpc) is 3.08. The fourth-order valence-corrected chi connectivity index (χ4v) is 2.66. The van der Waals surface area contributed by atoms with Gasteiger partial charge in [-0.1, -0.05) is 29.8 Å². The van der Waals surface area contributed by atoms with E-state index in [1.807, 2.05) is 0 Å². The highest BCUT2D eigenvalue weighted by atomic mass is 35.5.